The van der Waals surface area contributed by atoms with Gasteiger partial charge in [-0.1, -0.05) is 19.1 Å². The van der Waals surface area contributed by atoms with Crippen LogP contribution in [0.3, 0.4) is 0 Å². The molecule has 2 atom stereocenters. The van der Waals surface area contributed by atoms with E-state index in [0.717, 1.165) is 5.56 Å². The normalized spacial score (nSPS) is 13.8. The fourth-order valence-electron chi connectivity index (χ4n) is 1.57. The molecule has 0 fully saturated rings. The number of rotatable bonds is 6. The lowest BCUT2D eigenvalue weighted by Gasteiger charge is -2.17. The van der Waals surface area contributed by atoms with E-state index in [1.54, 1.807) is 6.92 Å². The van der Waals surface area contributed by atoms with Crippen molar-refractivity contribution in [3.63, 3.8) is 0 Å². The van der Waals surface area contributed by atoms with Gasteiger partial charge in [0, 0.05) is 6.04 Å². The first-order valence-corrected chi connectivity index (χ1v) is 6.27. The molecule has 0 aliphatic carbocycles. The average molecular weight is 251 g/mol. The molecule has 100 valence electrons. The second-order valence-electron chi connectivity index (χ2n) is 4.13. The summed E-state index contributed by atoms with van der Waals surface area (Å²) in [6.07, 6.45) is 0.00890. The Morgan fingerprint density at radius 1 is 1.39 bits per heavy atom. The summed E-state index contributed by atoms with van der Waals surface area (Å²) in [7, 11) is 0. The summed E-state index contributed by atoms with van der Waals surface area (Å²) in [5.74, 6) is 0.316. The van der Waals surface area contributed by atoms with Gasteiger partial charge >= 0.3 is 5.97 Å². The lowest BCUT2D eigenvalue weighted by molar-refractivity contribution is -0.151. The number of nitrogens with two attached hydrogens (primary N) is 1. The summed E-state index contributed by atoms with van der Waals surface area (Å²) in [4.78, 5) is 11.6. The molecule has 1 unspecified atom stereocenters. The van der Waals surface area contributed by atoms with Crippen molar-refractivity contribution in [2.45, 2.75) is 39.3 Å². The molecule has 0 spiro atoms. The Kier molecular flexibility index (Phi) is 5.65. The van der Waals surface area contributed by atoms with Crippen LogP contribution in [0.1, 0.15) is 38.8 Å². The van der Waals surface area contributed by atoms with Crippen LogP contribution in [0.2, 0.25) is 0 Å². The minimum Gasteiger partial charge on any atom is -0.479 e. The van der Waals surface area contributed by atoms with Gasteiger partial charge in [0.2, 0.25) is 0 Å². The van der Waals surface area contributed by atoms with E-state index < -0.39 is 6.10 Å². The van der Waals surface area contributed by atoms with E-state index in [9.17, 15) is 4.79 Å². The van der Waals surface area contributed by atoms with Crippen LogP contribution in [0.5, 0.6) is 5.75 Å². The van der Waals surface area contributed by atoms with E-state index in [2.05, 4.69) is 0 Å². The summed E-state index contributed by atoms with van der Waals surface area (Å²) in [5, 5.41) is 0. The highest BCUT2D eigenvalue weighted by Gasteiger charge is 2.19. The summed E-state index contributed by atoms with van der Waals surface area (Å²) < 4.78 is 10.6. The molecule has 4 heteroatoms. The first-order chi connectivity index (χ1) is 8.58. The molecule has 4 nitrogen and oxygen atoms in total. The van der Waals surface area contributed by atoms with E-state index in [4.69, 9.17) is 15.2 Å². The number of esters is 1. The monoisotopic (exact) mass is 251 g/mol. The predicted octanol–water partition coefficient (Wildman–Crippen LogP) is 2.43. The Bertz CT molecular complexity index is 390. The summed E-state index contributed by atoms with van der Waals surface area (Å²) in [6.45, 7) is 5.93. The van der Waals surface area contributed by atoms with Gasteiger partial charge in [0.1, 0.15) is 5.75 Å². The lowest BCUT2D eigenvalue weighted by Crippen LogP contribution is -2.28. The molecule has 0 heterocycles. The molecule has 1 rings (SSSR count). The zero-order valence-corrected chi connectivity index (χ0v) is 11.2. The Labute approximate surface area is 108 Å². The van der Waals surface area contributed by atoms with Gasteiger partial charge in [-0.15, -0.1) is 0 Å². The molecule has 0 saturated heterocycles. The van der Waals surface area contributed by atoms with Gasteiger partial charge in [-0.25, -0.2) is 4.79 Å². The number of hydrogen-bond acceptors (Lipinski definition) is 4. The van der Waals surface area contributed by atoms with Crippen LogP contribution >= 0.6 is 0 Å². The molecule has 0 amide bonds. The number of benzene rings is 1. The Morgan fingerprint density at radius 3 is 2.67 bits per heavy atom. The number of carbonyl (C=O) groups excluding carboxylic acids is 1. The van der Waals surface area contributed by atoms with Gasteiger partial charge < -0.3 is 15.2 Å². The van der Waals surface area contributed by atoms with E-state index in [1.165, 1.54) is 0 Å². The van der Waals surface area contributed by atoms with Crippen LogP contribution in [0.25, 0.3) is 0 Å². The fourth-order valence-corrected chi connectivity index (χ4v) is 1.57. The third-order valence-corrected chi connectivity index (χ3v) is 2.58. The highest BCUT2D eigenvalue weighted by molar-refractivity contribution is 5.75. The molecule has 0 radical (unpaired) electrons. The van der Waals surface area contributed by atoms with Gasteiger partial charge in [0.25, 0.3) is 0 Å². The van der Waals surface area contributed by atoms with Crippen molar-refractivity contribution in [3.8, 4) is 5.75 Å². The largest absolute Gasteiger partial charge is 0.479 e. The van der Waals surface area contributed by atoms with Crippen LogP contribution < -0.4 is 10.5 Å². The maximum Gasteiger partial charge on any atom is 0.347 e. The van der Waals surface area contributed by atoms with Gasteiger partial charge in [-0.3, -0.25) is 0 Å². The zero-order valence-electron chi connectivity index (χ0n) is 11.2. The SMILES string of the molecule is CCOC(=O)C(CC)Oc1cccc([C@H](C)N)c1. The molecule has 0 aromatic heterocycles. The molecular weight excluding hydrogens is 230 g/mol. The minimum absolute atomic E-state index is 0.0591. The topological polar surface area (TPSA) is 61.5 Å². The van der Waals surface area contributed by atoms with Crippen LogP contribution in [0, 0.1) is 0 Å². The van der Waals surface area contributed by atoms with Crippen LogP contribution in [-0.2, 0) is 9.53 Å². The highest BCUT2D eigenvalue weighted by Crippen LogP contribution is 2.19. The standard InChI is InChI=1S/C14H21NO3/c1-4-13(14(16)17-5-2)18-12-8-6-7-11(9-12)10(3)15/h6-10,13H,4-5,15H2,1-3H3/t10-,13?/m0/s1. The maximum absolute atomic E-state index is 11.6. The molecule has 1 aromatic carbocycles. The van der Waals surface area contributed by atoms with Crippen molar-refractivity contribution in [2.24, 2.45) is 5.73 Å². The zero-order chi connectivity index (χ0) is 13.5. The fraction of sp³-hybridized carbons (Fsp3) is 0.500. The Hall–Kier alpha value is -1.55. The minimum atomic E-state index is -0.562. The van der Waals surface area contributed by atoms with Crippen molar-refractivity contribution in [1.29, 1.82) is 0 Å². The Balaban J connectivity index is 2.75. The van der Waals surface area contributed by atoms with Crippen molar-refractivity contribution < 1.29 is 14.3 Å². The molecular formula is C14H21NO3. The van der Waals surface area contributed by atoms with Gasteiger partial charge in [-0.2, -0.15) is 0 Å². The lowest BCUT2D eigenvalue weighted by atomic mass is 10.1. The van der Waals surface area contributed by atoms with E-state index in [-0.39, 0.29) is 12.0 Å². The third kappa shape index (κ3) is 4.04. The first kappa shape index (κ1) is 14.5. The van der Waals surface area contributed by atoms with E-state index in [1.807, 2.05) is 38.1 Å². The smallest absolute Gasteiger partial charge is 0.347 e. The maximum atomic E-state index is 11.6. The van der Waals surface area contributed by atoms with Gasteiger partial charge in [0.05, 0.1) is 6.61 Å². The Morgan fingerprint density at radius 2 is 2.11 bits per heavy atom. The highest BCUT2D eigenvalue weighted by atomic mass is 16.6. The van der Waals surface area contributed by atoms with E-state index >= 15 is 0 Å². The van der Waals surface area contributed by atoms with Crippen molar-refractivity contribution >= 4 is 5.97 Å². The van der Waals surface area contributed by atoms with Crippen LogP contribution in [0.15, 0.2) is 24.3 Å². The van der Waals surface area contributed by atoms with Crippen LogP contribution in [-0.4, -0.2) is 18.7 Å². The third-order valence-electron chi connectivity index (χ3n) is 2.58. The molecule has 2 N–H and O–H groups in total. The number of carbonyl (C=O) groups is 1. The quantitative estimate of drug-likeness (QED) is 0.789. The summed E-state index contributed by atoms with van der Waals surface area (Å²) in [5.41, 5.74) is 6.78. The summed E-state index contributed by atoms with van der Waals surface area (Å²) in [6, 6.07) is 7.41. The molecule has 18 heavy (non-hydrogen) atoms. The predicted molar refractivity (Wildman–Crippen MR) is 70.4 cm³/mol. The second-order valence-corrected chi connectivity index (χ2v) is 4.13. The van der Waals surface area contributed by atoms with Gasteiger partial charge in [0.15, 0.2) is 6.10 Å². The average Bonchev–Trinajstić information content (AvgIpc) is 2.36. The number of ether oxygens (including phenoxy) is 2. The molecule has 0 saturated carbocycles. The van der Waals surface area contributed by atoms with Crippen molar-refractivity contribution in [3.05, 3.63) is 29.8 Å². The van der Waals surface area contributed by atoms with Crippen molar-refractivity contribution in [2.75, 3.05) is 6.61 Å². The molecule has 0 bridgehead atoms. The molecule has 0 aliphatic heterocycles. The second kappa shape index (κ2) is 7.01. The van der Waals surface area contributed by atoms with E-state index in [0.29, 0.717) is 18.8 Å². The van der Waals surface area contributed by atoms with Crippen molar-refractivity contribution in [1.82, 2.24) is 0 Å². The summed E-state index contributed by atoms with van der Waals surface area (Å²) >= 11 is 0. The molecule has 1 aromatic rings. The number of hydrogen-bond donors (Lipinski definition) is 1. The van der Waals surface area contributed by atoms with Crippen LogP contribution in [0.4, 0.5) is 0 Å². The van der Waals surface area contributed by atoms with Gasteiger partial charge in [-0.05, 0) is 38.0 Å². The first-order valence-electron chi connectivity index (χ1n) is 6.27. The molecule has 0 aliphatic rings.